The lowest BCUT2D eigenvalue weighted by molar-refractivity contribution is 0.589. The molecule has 0 aliphatic rings. The van der Waals surface area contributed by atoms with Gasteiger partial charge in [0, 0.05) is 31.2 Å². The molecule has 4 nitrogen and oxygen atoms in total. The van der Waals surface area contributed by atoms with E-state index in [2.05, 4.69) is 5.32 Å². The highest BCUT2D eigenvalue weighted by Crippen LogP contribution is 2.02. The highest BCUT2D eigenvalue weighted by atomic mass is 32.2. The first-order valence-electron chi connectivity index (χ1n) is 5.05. The van der Waals surface area contributed by atoms with Gasteiger partial charge in [-0.1, -0.05) is 6.92 Å². The first kappa shape index (κ1) is 12.3. The van der Waals surface area contributed by atoms with E-state index < -0.39 is 9.84 Å². The number of hydrogen-bond donors (Lipinski definition) is 1. The first-order valence-corrected chi connectivity index (χ1v) is 7.11. The van der Waals surface area contributed by atoms with Crippen molar-refractivity contribution in [3.63, 3.8) is 0 Å². The van der Waals surface area contributed by atoms with Gasteiger partial charge in [-0.3, -0.25) is 0 Å². The Balaban J connectivity index is 2.57. The Labute approximate surface area is 91.2 Å². The fraction of sp³-hybridized carbons (Fsp3) is 0.600. The second-order valence-corrected chi connectivity index (χ2v) is 5.86. The monoisotopic (exact) mass is 230 g/mol. The molecular formula is C10H18N2O2S. The van der Waals surface area contributed by atoms with E-state index >= 15 is 0 Å². The van der Waals surface area contributed by atoms with Gasteiger partial charge in [0.1, 0.15) is 9.84 Å². The van der Waals surface area contributed by atoms with Gasteiger partial charge in [0.05, 0.1) is 5.75 Å². The molecule has 0 bridgehead atoms. The molecule has 0 atom stereocenters. The molecule has 0 saturated carbocycles. The Bertz CT molecular complexity index is 395. The van der Waals surface area contributed by atoms with Crippen LogP contribution in [0.1, 0.15) is 12.6 Å². The van der Waals surface area contributed by atoms with Gasteiger partial charge in [-0.25, -0.2) is 8.42 Å². The number of nitrogens with zero attached hydrogens (tertiary/aromatic N) is 1. The molecule has 0 amide bonds. The summed E-state index contributed by atoms with van der Waals surface area (Å²) in [6.07, 6.45) is 3.18. The van der Waals surface area contributed by atoms with E-state index in [1.54, 1.807) is 0 Å². The molecule has 0 spiro atoms. The maximum Gasteiger partial charge on any atom is 0.149 e. The molecule has 0 saturated heterocycles. The molecule has 0 radical (unpaired) electrons. The summed E-state index contributed by atoms with van der Waals surface area (Å²) in [5.41, 5.74) is 1.13. The third-order valence-corrected chi connectivity index (χ3v) is 3.11. The van der Waals surface area contributed by atoms with Crippen molar-refractivity contribution in [2.75, 3.05) is 18.6 Å². The van der Waals surface area contributed by atoms with Crippen molar-refractivity contribution >= 4 is 9.84 Å². The lowest BCUT2D eigenvalue weighted by Crippen LogP contribution is -2.17. The van der Waals surface area contributed by atoms with E-state index in [1.165, 1.54) is 6.26 Å². The van der Waals surface area contributed by atoms with Crippen molar-refractivity contribution < 1.29 is 8.42 Å². The number of hydrogen-bond acceptors (Lipinski definition) is 3. The van der Waals surface area contributed by atoms with Gasteiger partial charge < -0.3 is 9.88 Å². The summed E-state index contributed by atoms with van der Waals surface area (Å²) in [5.74, 6) is 0.195. The van der Waals surface area contributed by atoms with E-state index in [4.69, 9.17) is 0 Å². The quantitative estimate of drug-likeness (QED) is 0.780. The molecule has 0 aliphatic carbocycles. The molecular weight excluding hydrogens is 212 g/mol. The van der Waals surface area contributed by atoms with Crippen LogP contribution in [0, 0.1) is 0 Å². The minimum atomic E-state index is -2.88. The number of aromatic nitrogens is 1. The highest BCUT2D eigenvalue weighted by Gasteiger charge is 2.05. The zero-order valence-corrected chi connectivity index (χ0v) is 10.0. The van der Waals surface area contributed by atoms with Gasteiger partial charge >= 0.3 is 0 Å². The molecule has 0 aliphatic heterocycles. The van der Waals surface area contributed by atoms with Crippen LogP contribution in [0.25, 0.3) is 0 Å². The Morgan fingerprint density at radius 2 is 2.20 bits per heavy atom. The van der Waals surface area contributed by atoms with Crippen LogP contribution in [-0.4, -0.2) is 31.5 Å². The second-order valence-electron chi connectivity index (χ2n) is 3.60. The minimum Gasteiger partial charge on any atom is -0.349 e. The van der Waals surface area contributed by atoms with Gasteiger partial charge in [-0.2, -0.15) is 0 Å². The minimum absolute atomic E-state index is 0.195. The summed E-state index contributed by atoms with van der Waals surface area (Å²) in [6, 6.07) is 3.94. The van der Waals surface area contributed by atoms with E-state index in [0.29, 0.717) is 6.54 Å². The van der Waals surface area contributed by atoms with Crippen molar-refractivity contribution in [3.05, 3.63) is 24.0 Å². The van der Waals surface area contributed by atoms with Crippen LogP contribution in [0.15, 0.2) is 18.3 Å². The lowest BCUT2D eigenvalue weighted by Gasteiger charge is -2.08. The smallest absolute Gasteiger partial charge is 0.149 e. The molecule has 0 unspecified atom stereocenters. The average molecular weight is 230 g/mol. The van der Waals surface area contributed by atoms with Crippen molar-refractivity contribution in [2.45, 2.75) is 20.0 Å². The summed E-state index contributed by atoms with van der Waals surface area (Å²) in [7, 11) is -2.88. The van der Waals surface area contributed by atoms with Crippen LogP contribution in [0.3, 0.4) is 0 Å². The number of rotatable bonds is 6. The molecule has 0 fully saturated rings. The van der Waals surface area contributed by atoms with Gasteiger partial charge in [0.25, 0.3) is 0 Å². The van der Waals surface area contributed by atoms with Gasteiger partial charge in [0.15, 0.2) is 0 Å². The highest BCUT2D eigenvalue weighted by molar-refractivity contribution is 7.90. The Hall–Kier alpha value is -0.810. The van der Waals surface area contributed by atoms with Crippen LogP contribution in [-0.2, 0) is 22.9 Å². The van der Waals surface area contributed by atoms with Gasteiger partial charge in [-0.05, 0) is 18.7 Å². The topological polar surface area (TPSA) is 51.1 Å². The third kappa shape index (κ3) is 4.48. The standard InChI is InChI=1S/C10H18N2O2S/c1-3-11-9-10-5-4-6-12(10)7-8-15(2,13)14/h4-6,11H,3,7-9H2,1-2H3. The fourth-order valence-corrected chi connectivity index (χ4v) is 1.87. The first-order chi connectivity index (χ1) is 7.03. The summed E-state index contributed by atoms with van der Waals surface area (Å²) in [6.45, 7) is 4.28. The summed E-state index contributed by atoms with van der Waals surface area (Å²) >= 11 is 0. The fourth-order valence-electron chi connectivity index (χ4n) is 1.35. The Morgan fingerprint density at radius 1 is 1.47 bits per heavy atom. The summed E-state index contributed by atoms with van der Waals surface area (Å²) < 4.78 is 24.0. The molecule has 15 heavy (non-hydrogen) atoms. The summed E-state index contributed by atoms with van der Waals surface area (Å²) in [4.78, 5) is 0. The van der Waals surface area contributed by atoms with Crippen LogP contribution in [0.2, 0.25) is 0 Å². The summed E-state index contributed by atoms with van der Waals surface area (Å²) in [5, 5.41) is 3.22. The molecule has 1 heterocycles. The predicted molar refractivity (Wildman–Crippen MR) is 61.5 cm³/mol. The van der Waals surface area contributed by atoms with Crippen molar-refractivity contribution in [1.82, 2.24) is 9.88 Å². The van der Waals surface area contributed by atoms with E-state index in [0.717, 1.165) is 18.8 Å². The second kappa shape index (κ2) is 5.32. The Morgan fingerprint density at radius 3 is 2.80 bits per heavy atom. The molecule has 1 rings (SSSR count). The van der Waals surface area contributed by atoms with E-state index in [9.17, 15) is 8.42 Å². The normalized spacial score (nSPS) is 11.9. The number of sulfone groups is 1. The molecule has 1 aromatic rings. The molecule has 1 aromatic heterocycles. The average Bonchev–Trinajstić information content (AvgIpc) is 2.57. The third-order valence-electron chi connectivity index (χ3n) is 2.18. The van der Waals surface area contributed by atoms with E-state index in [-0.39, 0.29) is 5.75 Å². The lowest BCUT2D eigenvalue weighted by atomic mass is 10.4. The van der Waals surface area contributed by atoms with Gasteiger partial charge in [-0.15, -0.1) is 0 Å². The Kier molecular flexibility index (Phi) is 4.35. The van der Waals surface area contributed by atoms with Crippen molar-refractivity contribution in [3.8, 4) is 0 Å². The SMILES string of the molecule is CCNCc1cccn1CCS(C)(=O)=O. The largest absolute Gasteiger partial charge is 0.349 e. The van der Waals surface area contributed by atoms with Gasteiger partial charge in [0.2, 0.25) is 0 Å². The van der Waals surface area contributed by atoms with Crippen LogP contribution in [0.4, 0.5) is 0 Å². The molecule has 1 N–H and O–H groups in total. The number of nitrogens with one attached hydrogen (secondary N) is 1. The maximum absolute atomic E-state index is 11.0. The van der Waals surface area contributed by atoms with E-state index in [1.807, 2.05) is 29.8 Å². The number of aryl methyl sites for hydroxylation is 1. The maximum atomic E-state index is 11.0. The van der Waals surface area contributed by atoms with Crippen molar-refractivity contribution in [1.29, 1.82) is 0 Å². The zero-order chi connectivity index (χ0) is 11.3. The molecule has 0 aromatic carbocycles. The van der Waals surface area contributed by atoms with Crippen LogP contribution in [0.5, 0.6) is 0 Å². The molecule has 5 heteroatoms. The molecule has 86 valence electrons. The zero-order valence-electron chi connectivity index (χ0n) is 9.23. The predicted octanol–water partition coefficient (Wildman–Crippen LogP) is 0.642. The van der Waals surface area contributed by atoms with Crippen LogP contribution >= 0.6 is 0 Å². The van der Waals surface area contributed by atoms with Crippen LogP contribution < -0.4 is 5.32 Å². The van der Waals surface area contributed by atoms with Crippen molar-refractivity contribution in [2.24, 2.45) is 0 Å².